The van der Waals surface area contributed by atoms with E-state index in [1.165, 1.54) is 19.3 Å². The van der Waals surface area contributed by atoms with Crippen LogP contribution in [0.4, 0.5) is 0 Å². The number of fused-ring (bicyclic) bond motifs is 1. The van der Waals surface area contributed by atoms with Gasteiger partial charge in [-0.2, -0.15) is 0 Å². The van der Waals surface area contributed by atoms with Crippen molar-refractivity contribution in [1.82, 2.24) is 10.3 Å². The van der Waals surface area contributed by atoms with Crippen LogP contribution in [0.15, 0.2) is 10.8 Å². The minimum atomic E-state index is 0.625. The molecule has 2 fully saturated rings. The molecule has 2 aliphatic rings. The highest BCUT2D eigenvalue weighted by Crippen LogP contribution is 2.57. The van der Waals surface area contributed by atoms with Crippen molar-refractivity contribution in [3.05, 3.63) is 17.8 Å². The van der Waals surface area contributed by atoms with Gasteiger partial charge in [0, 0.05) is 26.1 Å². The normalized spacial score (nSPS) is 30.5. The van der Waals surface area contributed by atoms with Gasteiger partial charge in [0.1, 0.15) is 5.76 Å². The van der Waals surface area contributed by atoms with Crippen molar-refractivity contribution >= 4 is 0 Å². The van der Waals surface area contributed by atoms with Gasteiger partial charge in [0.15, 0.2) is 6.39 Å². The highest BCUT2D eigenvalue weighted by molar-refractivity contribution is 5.17. The van der Waals surface area contributed by atoms with Crippen LogP contribution in [0.5, 0.6) is 0 Å². The molecule has 1 heterocycles. The highest BCUT2D eigenvalue weighted by Gasteiger charge is 2.47. The van der Waals surface area contributed by atoms with E-state index in [0.29, 0.717) is 5.92 Å². The van der Waals surface area contributed by atoms with E-state index in [9.17, 15) is 0 Å². The molecule has 0 bridgehead atoms. The van der Waals surface area contributed by atoms with Crippen LogP contribution in [0, 0.1) is 11.8 Å². The van der Waals surface area contributed by atoms with Crippen molar-refractivity contribution in [3.63, 3.8) is 0 Å². The molecule has 17 heavy (non-hydrogen) atoms. The Hall–Kier alpha value is -0.870. The van der Waals surface area contributed by atoms with Crippen molar-refractivity contribution in [2.24, 2.45) is 11.8 Å². The van der Waals surface area contributed by atoms with Gasteiger partial charge in [-0.15, -0.1) is 0 Å². The minimum absolute atomic E-state index is 0.625. The van der Waals surface area contributed by atoms with Crippen LogP contribution >= 0.6 is 0 Å². The number of nitrogens with one attached hydrogen (secondary N) is 1. The molecule has 2 atom stereocenters. The van der Waals surface area contributed by atoms with Gasteiger partial charge in [0.05, 0.1) is 12.3 Å². The third-order valence-corrected chi connectivity index (χ3v) is 4.06. The second-order valence-electron chi connectivity index (χ2n) is 5.26. The number of hydrogen-bond donors (Lipinski definition) is 1. The maximum Gasteiger partial charge on any atom is 0.181 e. The maximum atomic E-state index is 5.59. The fourth-order valence-corrected chi connectivity index (χ4v) is 3.05. The number of aromatic nitrogens is 1. The topological polar surface area (TPSA) is 47.3 Å². The first-order valence-electron chi connectivity index (χ1n) is 6.50. The van der Waals surface area contributed by atoms with Crippen LogP contribution in [0.25, 0.3) is 0 Å². The molecule has 0 amide bonds. The second-order valence-corrected chi connectivity index (χ2v) is 5.26. The lowest BCUT2D eigenvalue weighted by molar-refractivity contribution is 0.199. The Balaban J connectivity index is 1.55. The fraction of sp³-hybridized carbons (Fsp3) is 0.769. The Morgan fingerprint density at radius 2 is 2.24 bits per heavy atom. The Morgan fingerprint density at radius 1 is 1.41 bits per heavy atom. The molecule has 2 saturated carbocycles. The summed E-state index contributed by atoms with van der Waals surface area (Å²) in [6.07, 6.45) is 5.66. The molecule has 3 rings (SSSR count). The van der Waals surface area contributed by atoms with E-state index in [1.54, 1.807) is 13.5 Å². The summed E-state index contributed by atoms with van der Waals surface area (Å²) in [4.78, 5) is 4.33. The summed E-state index contributed by atoms with van der Waals surface area (Å²) in [5.74, 6) is 3.72. The predicted octanol–water partition coefficient (Wildman–Crippen LogP) is 1.92. The molecule has 1 aromatic heterocycles. The molecule has 2 unspecified atom stereocenters. The van der Waals surface area contributed by atoms with Crippen LogP contribution in [0.1, 0.15) is 36.6 Å². The van der Waals surface area contributed by atoms with Gasteiger partial charge < -0.3 is 14.5 Å². The van der Waals surface area contributed by atoms with Gasteiger partial charge in [-0.25, -0.2) is 4.98 Å². The number of oxazole rings is 1. The zero-order valence-corrected chi connectivity index (χ0v) is 10.3. The second kappa shape index (κ2) is 4.78. The van der Waals surface area contributed by atoms with E-state index in [0.717, 1.165) is 43.0 Å². The van der Waals surface area contributed by atoms with Crippen LogP contribution < -0.4 is 5.32 Å². The first-order chi connectivity index (χ1) is 8.38. The zero-order chi connectivity index (χ0) is 11.7. The molecule has 2 aliphatic carbocycles. The largest absolute Gasteiger partial charge is 0.448 e. The average Bonchev–Trinajstić information content (AvgIpc) is 2.81. The quantitative estimate of drug-likeness (QED) is 0.767. The third-order valence-electron chi connectivity index (χ3n) is 4.06. The predicted molar refractivity (Wildman–Crippen MR) is 63.7 cm³/mol. The Bertz CT molecular complexity index is 367. The number of nitrogens with zero attached hydrogens (tertiary/aromatic N) is 1. The standard InChI is InChI=1S/C13H20N2O2/c1-16-3-2-14-7-12-13(17-8-15-12)11-5-9-4-10(9)6-11/h8-11,14H,2-7H2,1H3. The summed E-state index contributed by atoms with van der Waals surface area (Å²) in [6.45, 7) is 2.39. The van der Waals surface area contributed by atoms with E-state index in [4.69, 9.17) is 9.15 Å². The lowest BCUT2D eigenvalue weighted by Gasteiger charge is -2.10. The molecule has 0 aliphatic heterocycles. The van der Waals surface area contributed by atoms with Crippen molar-refractivity contribution in [2.45, 2.75) is 31.7 Å². The van der Waals surface area contributed by atoms with Gasteiger partial charge in [-0.3, -0.25) is 0 Å². The van der Waals surface area contributed by atoms with Gasteiger partial charge in [0.2, 0.25) is 0 Å². The van der Waals surface area contributed by atoms with Crippen molar-refractivity contribution in [1.29, 1.82) is 0 Å². The Kier molecular flexibility index (Phi) is 3.16. The summed E-state index contributed by atoms with van der Waals surface area (Å²) < 4.78 is 10.6. The summed E-state index contributed by atoms with van der Waals surface area (Å²) in [5, 5.41) is 3.33. The van der Waals surface area contributed by atoms with Gasteiger partial charge in [-0.05, 0) is 31.1 Å². The van der Waals surface area contributed by atoms with Gasteiger partial charge >= 0.3 is 0 Å². The molecule has 1 aromatic rings. The SMILES string of the molecule is COCCNCc1ncoc1C1CC2CC2C1. The summed E-state index contributed by atoms with van der Waals surface area (Å²) in [6, 6.07) is 0. The van der Waals surface area contributed by atoms with Crippen LogP contribution in [-0.2, 0) is 11.3 Å². The summed E-state index contributed by atoms with van der Waals surface area (Å²) in [5.41, 5.74) is 1.09. The lowest BCUT2D eigenvalue weighted by atomic mass is 9.99. The Morgan fingerprint density at radius 3 is 3.00 bits per heavy atom. The molecule has 0 aromatic carbocycles. The zero-order valence-electron chi connectivity index (χ0n) is 10.3. The first kappa shape index (κ1) is 11.2. The van der Waals surface area contributed by atoms with E-state index < -0.39 is 0 Å². The smallest absolute Gasteiger partial charge is 0.181 e. The van der Waals surface area contributed by atoms with Crippen LogP contribution in [0.3, 0.4) is 0 Å². The number of methoxy groups -OCH3 is 1. The van der Waals surface area contributed by atoms with Crippen molar-refractivity contribution in [2.75, 3.05) is 20.3 Å². The van der Waals surface area contributed by atoms with Crippen molar-refractivity contribution < 1.29 is 9.15 Å². The van der Waals surface area contributed by atoms with E-state index in [-0.39, 0.29) is 0 Å². The number of ether oxygens (including phenoxy) is 1. The van der Waals surface area contributed by atoms with Crippen LogP contribution in [-0.4, -0.2) is 25.2 Å². The van der Waals surface area contributed by atoms with Crippen molar-refractivity contribution in [3.8, 4) is 0 Å². The lowest BCUT2D eigenvalue weighted by Crippen LogP contribution is -2.19. The average molecular weight is 236 g/mol. The minimum Gasteiger partial charge on any atom is -0.448 e. The molecule has 0 spiro atoms. The molecule has 94 valence electrons. The fourth-order valence-electron chi connectivity index (χ4n) is 3.05. The summed E-state index contributed by atoms with van der Waals surface area (Å²) in [7, 11) is 1.72. The van der Waals surface area contributed by atoms with E-state index in [1.807, 2.05) is 0 Å². The molecule has 4 heteroatoms. The molecule has 0 radical (unpaired) electrons. The number of hydrogen-bond acceptors (Lipinski definition) is 4. The molecular formula is C13H20N2O2. The molecule has 0 saturated heterocycles. The van der Waals surface area contributed by atoms with E-state index >= 15 is 0 Å². The maximum absolute atomic E-state index is 5.59. The number of rotatable bonds is 6. The monoisotopic (exact) mass is 236 g/mol. The third kappa shape index (κ3) is 2.38. The summed E-state index contributed by atoms with van der Waals surface area (Å²) >= 11 is 0. The Labute approximate surface area is 102 Å². The highest BCUT2D eigenvalue weighted by atomic mass is 16.5. The molecular weight excluding hydrogens is 216 g/mol. The van der Waals surface area contributed by atoms with E-state index in [2.05, 4.69) is 10.3 Å². The molecule has 4 nitrogen and oxygen atoms in total. The van der Waals surface area contributed by atoms with Crippen LogP contribution in [0.2, 0.25) is 0 Å². The van der Waals surface area contributed by atoms with Gasteiger partial charge in [-0.1, -0.05) is 0 Å². The molecule has 1 N–H and O–H groups in total. The first-order valence-corrected chi connectivity index (χ1v) is 6.50. The van der Waals surface area contributed by atoms with Gasteiger partial charge in [0.25, 0.3) is 0 Å².